The molecule has 0 amide bonds. The van der Waals surface area contributed by atoms with Gasteiger partial charge in [-0.05, 0) is 61.2 Å². The Kier molecular flexibility index (Phi) is 5.18. The molecule has 1 heterocycles. The predicted molar refractivity (Wildman–Crippen MR) is 97.6 cm³/mol. The molecular formula is C19H20FN5. The summed E-state index contributed by atoms with van der Waals surface area (Å²) in [5.41, 5.74) is 4.33. The van der Waals surface area contributed by atoms with E-state index in [9.17, 15) is 4.39 Å². The van der Waals surface area contributed by atoms with E-state index in [-0.39, 0.29) is 5.82 Å². The quantitative estimate of drug-likeness (QED) is 0.711. The van der Waals surface area contributed by atoms with Gasteiger partial charge >= 0.3 is 0 Å². The molecule has 0 bridgehead atoms. The number of halogens is 1. The molecule has 0 aliphatic heterocycles. The highest BCUT2D eigenvalue weighted by Gasteiger charge is 2.03. The summed E-state index contributed by atoms with van der Waals surface area (Å²) in [6.07, 6.45) is 2.35. The largest absolute Gasteiger partial charge is 0.368 e. The van der Waals surface area contributed by atoms with E-state index in [1.165, 1.54) is 23.3 Å². The van der Waals surface area contributed by atoms with Crippen molar-refractivity contribution < 1.29 is 4.39 Å². The average molecular weight is 337 g/mol. The van der Waals surface area contributed by atoms with Crippen LogP contribution in [0.5, 0.6) is 0 Å². The molecule has 0 fully saturated rings. The van der Waals surface area contributed by atoms with Gasteiger partial charge in [0.2, 0.25) is 5.95 Å². The van der Waals surface area contributed by atoms with Gasteiger partial charge in [0.1, 0.15) is 5.82 Å². The minimum absolute atomic E-state index is 0.223. The normalized spacial score (nSPS) is 10.5. The molecule has 1 aromatic heterocycles. The molecule has 128 valence electrons. The highest BCUT2D eigenvalue weighted by atomic mass is 19.1. The van der Waals surface area contributed by atoms with Crippen LogP contribution in [0, 0.1) is 19.7 Å². The van der Waals surface area contributed by atoms with Crippen LogP contribution in [0.25, 0.3) is 0 Å². The Bertz CT molecular complexity index is 828. The zero-order chi connectivity index (χ0) is 17.6. The Morgan fingerprint density at radius 2 is 1.72 bits per heavy atom. The van der Waals surface area contributed by atoms with E-state index in [1.54, 1.807) is 18.3 Å². The van der Waals surface area contributed by atoms with Gasteiger partial charge in [0.05, 0.1) is 6.20 Å². The van der Waals surface area contributed by atoms with Gasteiger partial charge < -0.3 is 10.6 Å². The average Bonchev–Trinajstić information content (AvgIpc) is 2.56. The van der Waals surface area contributed by atoms with E-state index in [0.29, 0.717) is 18.3 Å². The Hall–Kier alpha value is -3.02. The Labute approximate surface area is 146 Å². The van der Waals surface area contributed by atoms with Crippen LogP contribution >= 0.6 is 0 Å². The van der Waals surface area contributed by atoms with E-state index in [1.807, 2.05) is 26.0 Å². The molecule has 0 aliphatic rings. The van der Waals surface area contributed by atoms with Gasteiger partial charge in [0.15, 0.2) is 5.82 Å². The molecule has 0 radical (unpaired) electrons. The van der Waals surface area contributed by atoms with Gasteiger partial charge in [-0.15, -0.1) is 5.10 Å². The highest BCUT2D eigenvalue weighted by molar-refractivity contribution is 5.56. The third kappa shape index (κ3) is 4.97. The van der Waals surface area contributed by atoms with Crippen molar-refractivity contribution >= 4 is 17.5 Å². The summed E-state index contributed by atoms with van der Waals surface area (Å²) in [6.45, 7) is 4.77. The number of hydrogen-bond acceptors (Lipinski definition) is 5. The van der Waals surface area contributed by atoms with Gasteiger partial charge in [-0.2, -0.15) is 10.1 Å². The number of hydrogen-bond donors (Lipinski definition) is 2. The van der Waals surface area contributed by atoms with Crippen LogP contribution < -0.4 is 10.6 Å². The summed E-state index contributed by atoms with van der Waals surface area (Å²) in [5, 5.41) is 14.4. The Morgan fingerprint density at radius 1 is 1.00 bits per heavy atom. The zero-order valence-corrected chi connectivity index (χ0v) is 14.3. The van der Waals surface area contributed by atoms with Crippen molar-refractivity contribution in [1.29, 1.82) is 0 Å². The lowest BCUT2D eigenvalue weighted by atomic mass is 10.1. The standard InChI is InChI=1S/C19H20FN5/c1-13-9-14(2)11-17(10-13)23-19-24-18(12-22-25-19)21-8-7-15-3-5-16(20)6-4-15/h3-6,9-12H,7-8H2,1-2H3,(H2,21,23,24,25). The van der Waals surface area contributed by atoms with Gasteiger partial charge in [-0.1, -0.05) is 18.2 Å². The van der Waals surface area contributed by atoms with E-state index in [4.69, 9.17) is 0 Å². The van der Waals surface area contributed by atoms with Crippen LogP contribution in [0.15, 0.2) is 48.7 Å². The molecule has 5 nitrogen and oxygen atoms in total. The highest BCUT2D eigenvalue weighted by Crippen LogP contribution is 2.17. The number of nitrogens with one attached hydrogen (secondary N) is 2. The summed E-state index contributed by atoms with van der Waals surface area (Å²) >= 11 is 0. The molecule has 0 atom stereocenters. The smallest absolute Gasteiger partial charge is 0.249 e. The van der Waals surface area contributed by atoms with Crippen LogP contribution in [0.2, 0.25) is 0 Å². The van der Waals surface area contributed by atoms with Crippen molar-refractivity contribution in [1.82, 2.24) is 15.2 Å². The summed E-state index contributed by atoms with van der Waals surface area (Å²) in [5.74, 6) is 0.861. The molecule has 0 unspecified atom stereocenters. The number of benzene rings is 2. The lowest BCUT2D eigenvalue weighted by molar-refractivity contribution is 0.627. The maximum absolute atomic E-state index is 12.9. The van der Waals surface area contributed by atoms with Crippen LogP contribution in [0.4, 0.5) is 21.8 Å². The first-order chi connectivity index (χ1) is 12.1. The van der Waals surface area contributed by atoms with E-state index >= 15 is 0 Å². The molecule has 0 aliphatic carbocycles. The number of aromatic nitrogens is 3. The molecule has 0 spiro atoms. The number of rotatable bonds is 6. The second-order valence-corrected chi connectivity index (χ2v) is 5.97. The fraction of sp³-hybridized carbons (Fsp3) is 0.211. The van der Waals surface area contributed by atoms with E-state index < -0.39 is 0 Å². The monoisotopic (exact) mass is 337 g/mol. The second-order valence-electron chi connectivity index (χ2n) is 5.97. The van der Waals surface area contributed by atoms with E-state index in [2.05, 4.69) is 31.9 Å². The zero-order valence-electron chi connectivity index (χ0n) is 14.3. The van der Waals surface area contributed by atoms with Crippen molar-refractivity contribution in [3.8, 4) is 0 Å². The van der Waals surface area contributed by atoms with Crippen molar-refractivity contribution in [3.63, 3.8) is 0 Å². The van der Waals surface area contributed by atoms with Gasteiger partial charge in [-0.3, -0.25) is 0 Å². The Morgan fingerprint density at radius 3 is 2.44 bits per heavy atom. The van der Waals surface area contributed by atoms with Gasteiger partial charge in [0, 0.05) is 12.2 Å². The first-order valence-corrected chi connectivity index (χ1v) is 8.12. The second kappa shape index (κ2) is 7.70. The third-order valence-corrected chi connectivity index (χ3v) is 3.67. The van der Waals surface area contributed by atoms with Crippen LogP contribution in [-0.2, 0) is 6.42 Å². The summed E-state index contributed by atoms with van der Waals surface area (Å²) < 4.78 is 12.9. The molecule has 3 aromatic rings. The van der Waals surface area contributed by atoms with Crippen molar-refractivity contribution in [3.05, 3.63) is 71.2 Å². The number of anilines is 3. The van der Waals surface area contributed by atoms with Crippen LogP contribution in [-0.4, -0.2) is 21.7 Å². The molecule has 2 N–H and O–H groups in total. The van der Waals surface area contributed by atoms with Crippen molar-refractivity contribution in [2.75, 3.05) is 17.2 Å². The minimum Gasteiger partial charge on any atom is -0.368 e. The summed E-state index contributed by atoms with van der Waals surface area (Å²) in [6, 6.07) is 12.7. The first-order valence-electron chi connectivity index (χ1n) is 8.12. The molecule has 0 saturated heterocycles. The fourth-order valence-corrected chi connectivity index (χ4v) is 2.60. The fourth-order valence-electron chi connectivity index (χ4n) is 2.60. The van der Waals surface area contributed by atoms with Crippen LogP contribution in [0.1, 0.15) is 16.7 Å². The SMILES string of the molecule is Cc1cc(C)cc(Nc2nncc(NCCc3ccc(F)cc3)n2)c1. The lowest BCUT2D eigenvalue weighted by Crippen LogP contribution is -2.09. The van der Waals surface area contributed by atoms with E-state index in [0.717, 1.165) is 17.7 Å². The lowest BCUT2D eigenvalue weighted by Gasteiger charge is -2.09. The number of nitrogens with zero attached hydrogens (tertiary/aromatic N) is 3. The maximum atomic E-state index is 12.9. The molecule has 3 rings (SSSR count). The summed E-state index contributed by atoms with van der Waals surface area (Å²) in [4.78, 5) is 4.42. The van der Waals surface area contributed by atoms with Crippen molar-refractivity contribution in [2.24, 2.45) is 0 Å². The predicted octanol–water partition coefficient (Wildman–Crippen LogP) is 4.03. The molecular weight excluding hydrogens is 317 g/mol. The third-order valence-electron chi connectivity index (χ3n) is 3.67. The summed E-state index contributed by atoms with van der Waals surface area (Å²) in [7, 11) is 0. The maximum Gasteiger partial charge on any atom is 0.249 e. The van der Waals surface area contributed by atoms with Crippen LogP contribution in [0.3, 0.4) is 0 Å². The Balaban J connectivity index is 1.60. The van der Waals surface area contributed by atoms with Gasteiger partial charge in [0.25, 0.3) is 0 Å². The first kappa shape index (κ1) is 16.8. The number of aryl methyl sites for hydroxylation is 2. The van der Waals surface area contributed by atoms with Gasteiger partial charge in [-0.25, -0.2) is 4.39 Å². The molecule has 2 aromatic carbocycles. The van der Waals surface area contributed by atoms with Crippen molar-refractivity contribution in [2.45, 2.75) is 20.3 Å². The molecule has 0 saturated carbocycles. The molecule has 25 heavy (non-hydrogen) atoms. The molecule has 6 heteroatoms. The minimum atomic E-state index is -0.223. The topological polar surface area (TPSA) is 62.7 Å².